The van der Waals surface area contributed by atoms with E-state index in [0.29, 0.717) is 12.6 Å². The Hall–Kier alpha value is -1.79. The van der Waals surface area contributed by atoms with Crippen LogP contribution in [0.1, 0.15) is 30.4 Å². The van der Waals surface area contributed by atoms with E-state index in [2.05, 4.69) is 45.4 Å². The fraction of sp³-hybridized carbons (Fsp3) is 0.538. The third-order valence-corrected chi connectivity index (χ3v) is 7.28. The topological polar surface area (TPSA) is 37.0 Å². The molecule has 2 saturated heterocycles. The summed E-state index contributed by atoms with van der Waals surface area (Å²) in [7, 11) is 0. The summed E-state index contributed by atoms with van der Waals surface area (Å²) >= 11 is 6.02. The van der Waals surface area contributed by atoms with Gasteiger partial charge in [-0.2, -0.15) is 0 Å². The molecule has 3 aliphatic rings. The van der Waals surface area contributed by atoms with Gasteiger partial charge in [0.2, 0.25) is 0 Å². The van der Waals surface area contributed by atoms with Crippen LogP contribution in [0.25, 0.3) is 0 Å². The molecule has 0 bridgehead atoms. The fourth-order valence-electron chi connectivity index (χ4n) is 5.25. The molecule has 1 unspecified atom stereocenters. The molecule has 1 N–H and O–H groups in total. The molecule has 3 aliphatic heterocycles. The molecule has 0 amide bonds. The lowest BCUT2D eigenvalue weighted by molar-refractivity contribution is -0.0673. The summed E-state index contributed by atoms with van der Waals surface area (Å²) in [5, 5.41) is 4.32. The molecular weight excluding hydrogens is 422 g/mol. The minimum Gasteiger partial charge on any atom is -0.489 e. The Morgan fingerprint density at radius 1 is 1.06 bits per heavy atom. The number of hydrogen-bond acceptors (Lipinski definition) is 5. The molecule has 0 radical (unpaired) electrons. The van der Waals surface area contributed by atoms with E-state index < -0.39 is 0 Å². The van der Waals surface area contributed by atoms with Gasteiger partial charge in [0.1, 0.15) is 18.5 Å². The summed E-state index contributed by atoms with van der Waals surface area (Å²) in [5.74, 6) is 0.971. The Labute approximate surface area is 196 Å². The molecule has 2 aromatic rings. The summed E-state index contributed by atoms with van der Waals surface area (Å²) < 4.78 is 12.3. The van der Waals surface area contributed by atoms with Crippen molar-refractivity contribution in [3.63, 3.8) is 0 Å². The number of nitrogens with zero attached hydrogens (tertiary/aromatic N) is 2. The highest BCUT2D eigenvalue weighted by atomic mass is 35.5. The van der Waals surface area contributed by atoms with Gasteiger partial charge in [-0.25, -0.2) is 0 Å². The number of morpholine rings is 1. The molecule has 5 nitrogen and oxygen atoms in total. The van der Waals surface area contributed by atoms with E-state index in [-0.39, 0.29) is 6.10 Å². The van der Waals surface area contributed by atoms with Gasteiger partial charge in [-0.1, -0.05) is 35.9 Å². The first-order valence-electron chi connectivity index (χ1n) is 12.1. The van der Waals surface area contributed by atoms with Crippen LogP contribution < -0.4 is 10.1 Å². The quantitative estimate of drug-likeness (QED) is 0.696. The molecule has 172 valence electrons. The van der Waals surface area contributed by atoms with Crippen molar-refractivity contribution in [2.45, 2.75) is 44.4 Å². The van der Waals surface area contributed by atoms with Gasteiger partial charge in [0.25, 0.3) is 0 Å². The number of anilines is 1. The van der Waals surface area contributed by atoms with Gasteiger partial charge < -0.3 is 14.8 Å². The standard InChI is InChI=1S/C26H34ClN3O2/c27-22-8-6-20(7-9-22)17-29-13-10-23(11-14-29)30-15-16-31-24(18-30)19-32-25-5-1-3-21-4-2-12-28-26(21)25/h1,3,5-9,23-24,28H,2,4,10-19H2. The monoisotopic (exact) mass is 455 g/mol. The maximum atomic E-state index is 6.24. The first-order chi connectivity index (χ1) is 15.7. The lowest BCUT2D eigenvalue weighted by Crippen LogP contribution is -2.52. The molecule has 2 fully saturated rings. The Bertz CT molecular complexity index is 883. The second kappa shape index (κ2) is 10.4. The van der Waals surface area contributed by atoms with Crippen molar-refractivity contribution >= 4 is 17.3 Å². The molecule has 3 heterocycles. The number of para-hydroxylation sites is 1. The van der Waals surface area contributed by atoms with Crippen molar-refractivity contribution in [1.82, 2.24) is 9.80 Å². The second-order valence-corrected chi connectivity index (χ2v) is 9.69. The third-order valence-electron chi connectivity index (χ3n) is 7.03. The van der Waals surface area contributed by atoms with Gasteiger partial charge in [-0.15, -0.1) is 0 Å². The Morgan fingerprint density at radius 2 is 1.91 bits per heavy atom. The molecule has 0 saturated carbocycles. The Morgan fingerprint density at radius 3 is 2.75 bits per heavy atom. The largest absolute Gasteiger partial charge is 0.489 e. The smallest absolute Gasteiger partial charge is 0.142 e. The van der Waals surface area contributed by atoms with Crippen LogP contribution in [0, 0.1) is 0 Å². The van der Waals surface area contributed by atoms with Gasteiger partial charge in [0.15, 0.2) is 0 Å². The number of piperidine rings is 1. The molecule has 1 atom stereocenters. The van der Waals surface area contributed by atoms with Crippen molar-refractivity contribution in [2.75, 3.05) is 51.3 Å². The summed E-state index contributed by atoms with van der Waals surface area (Å²) in [6.45, 7) is 7.73. The molecule has 6 heteroatoms. The average Bonchev–Trinajstić information content (AvgIpc) is 2.85. The highest BCUT2D eigenvalue weighted by Gasteiger charge is 2.30. The van der Waals surface area contributed by atoms with Crippen LogP contribution in [0.5, 0.6) is 5.75 Å². The van der Waals surface area contributed by atoms with Crippen molar-refractivity contribution in [3.8, 4) is 5.75 Å². The number of rotatable bonds is 6. The lowest BCUT2D eigenvalue weighted by Gasteiger charge is -2.42. The van der Waals surface area contributed by atoms with Crippen LogP contribution in [0.3, 0.4) is 0 Å². The van der Waals surface area contributed by atoms with Crippen LogP contribution >= 0.6 is 11.6 Å². The zero-order valence-electron chi connectivity index (χ0n) is 18.8. The summed E-state index contributed by atoms with van der Waals surface area (Å²) in [5.41, 5.74) is 3.89. The number of nitrogens with one attached hydrogen (secondary N) is 1. The van der Waals surface area contributed by atoms with Crippen LogP contribution in [-0.4, -0.2) is 67.9 Å². The average molecular weight is 456 g/mol. The normalized spacial score (nSPS) is 22.8. The maximum absolute atomic E-state index is 6.24. The molecule has 2 aromatic carbocycles. The van der Waals surface area contributed by atoms with Gasteiger partial charge in [-0.05, 0) is 68.1 Å². The number of aryl methyl sites for hydroxylation is 1. The fourth-order valence-corrected chi connectivity index (χ4v) is 5.37. The van der Waals surface area contributed by atoms with E-state index >= 15 is 0 Å². The number of ether oxygens (including phenoxy) is 2. The zero-order chi connectivity index (χ0) is 21.8. The van der Waals surface area contributed by atoms with E-state index in [4.69, 9.17) is 21.1 Å². The molecule has 5 rings (SSSR count). The van der Waals surface area contributed by atoms with E-state index in [1.165, 1.54) is 36.1 Å². The lowest BCUT2D eigenvalue weighted by atomic mass is 10.0. The van der Waals surface area contributed by atoms with Gasteiger partial charge in [-0.3, -0.25) is 9.80 Å². The molecule has 0 spiro atoms. The first kappa shape index (κ1) is 22.0. The Balaban J connectivity index is 1.10. The van der Waals surface area contributed by atoms with Crippen molar-refractivity contribution in [2.24, 2.45) is 0 Å². The van der Waals surface area contributed by atoms with Gasteiger partial charge in [0, 0.05) is 37.2 Å². The van der Waals surface area contributed by atoms with Crippen molar-refractivity contribution in [3.05, 3.63) is 58.6 Å². The number of hydrogen-bond donors (Lipinski definition) is 1. The van der Waals surface area contributed by atoms with E-state index in [1.54, 1.807) is 0 Å². The van der Waals surface area contributed by atoms with E-state index in [9.17, 15) is 0 Å². The predicted octanol–water partition coefficient (Wildman–Crippen LogP) is 4.44. The predicted molar refractivity (Wildman–Crippen MR) is 130 cm³/mol. The van der Waals surface area contributed by atoms with Crippen LogP contribution in [0.2, 0.25) is 5.02 Å². The van der Waals surface area contributed by atoms with Crippen molar-refractivity contribution in [1.29, 1.82) is 0 Å². The number of halogens is 1. The summed E-state index contributed by atoms with van der Waals surface area (Å²) in [4.78, 5) is 5.20. The summed E-state index contributed by atoms with van der Waals surface area (Å²) in [6, 6.07) is 15.3. The van der Waals surface area contributed by atoms with Crippen LogP contribution in [0.15, 0.2) is 42.5 Å². The zero-order valence-corrected chi connectivity index (χ0v) is 19.5. The van der Waals surface area contributed by atoms with E-state index in [0.717, 1.165) is 63.1 Å². The minimum absolute atomic E-state index is 0.135. The SMILES string of the molecule is Clc1ccc(CN2CCC(N3CCOC(COc4cccc5c4NCCC5)C3)CC2)cc1. The highest BCUT2D eigenvalue weighted by Crippen LogP contribution is 2.32. The number of likely N-dealkylation sites (tertiary alicyclic amines) is 1. The third kappa shape index (κ3) is 5.40. The second-order valence-electron chi connectivity index (χ2n) is 9.25. The molecular formula is C26H34ClN3O2. The van der Waals surface area contributed by atoms with Gasteiger partial charge in [0.05, 0.1) is 12.3 Å². The maximum Gasteiger partial charge on any atom is 0.142 e. The minimum atomic E-state index is 0.135. The first-order valence-corrected chi connectivity index (χ1v) is 12.4. The molecule has 0 aromatic heterocycles. The molecule has 0 aliphatic carbocycles. The van der Waals surface area contributed by atoms with Crippen molar-refractivity contribution < 1.29 is 9.47 Å². The van der Waals surface area contributed by atoms with E-state index in [1.807, 2.05) is 12.1 Å². The van der Waals surface area contributed by atoms with Gasteiger partial charge >= 0.3 is 0 Å². The van der Waals surface area contributed by atoms with Crippen LogP contribution in [0.4, 0.5) is 5.69 Å². The number of fused-ring (bicyclic) bond motifs is 1. The number of benzene rings is 2. The highest BCUT2D eigenvalue weighted by molar-refractivity contribution is 6.30. The molecule has 32 heavy (non-hydrogen) atoms. The van der Waals surface area contributed by atoms with Crippen LogP contribution in [-0.2, 0) is 17.7 Å². The Kier molecular flexibility index (Phi) is 7.18. The summed E-state index contributed by atoms with van der Waals surface area (Å²) in [6.07, 6.45) is 4.89.